The minimum absolute atomic E-state index is 0.379. The Bertz CT molecular complexity index is 526. The van der Waals surface area contributed by atoms with Crippen LogP contribution in [0.5, 0.6) is 5.75 Å². The normalized spacial score (nSPS) is 20.0. The number of ether oxygens (including phenoxy) is 1. The molecule has 0 aliphatic carbocycles. The number of carbonyl (C=O) groups is 1. The van der Waals surface area contributed by atoms with Gasteiger partial charge >= 0.3 is 7.12 Å². The van der Waals surface area contributed by atoms with Crippen LogP contribution in [0.1, 0.15) is 38.1 Å². The Morgan fingerprint density at radius 3 is 2.20 bits per heavy atom. The predicted molar refractivity (Wildman–Crippen MR) is 78.9 cm³/mol. The lowest BCUT2D eigenvalue weighted by atomic mass is 9.78. The maximum Gasteiger partial charge on any atom is 0.498 e. The monoisotopic (exact) mass is 296 g/mol. The van der Waals surface area contributed by atoms with Crippen LogP contribution >= 0.6 is 11.6 Å². The maximum absolute atomic E-state index is 11.2. The summed E-state index contributed by atoms with van der Waals surface area (Å²) in [5, 5.41) is -0.524. The highest BCUT2D eigenvalue weighted by molar-refractivity contribution is 6.68. The minimum Gasteiger partial charge on any atom is -0.497 e. The third-order valence-electron chi connectivity index (χ3n) is 3.97. The molecule has 0 aromatic heterocycles. The lowest BCUT2D eigenvalue weighted by Gasteiger charge is -2.32. The van der Waals surface area contributed by atoms with Crippen molar-refractivity contribution in [2.45, 2.75) is 38.9 Å². The van der Waals surface area contributed by atoms with Crippen molar-refractivity contribution in [3.05, 3.63) is 23.8 Å². The summed E-state index contributed by atoms with van der Waals surface area (Å²) >= 11 is 5.48. The van der Waals surface area contributed by atoms with E-state index in [1.54, 1.807) is 18.2 Å². The molecule has 1 aromatic carbocycles. The van der Waals surface area contributed by atoms with Crippen molar-refractivity contribution in [3.63, 3.8) is 0 Å². The Hall–Kier alpha value is -1.04. The third kappa shape index (κ3) is 2.58. The van der Waals surface area contributed by atoms with Crippen LogP contribution in [-0.4, -0.2) is 30.7 Å². The second kappa shape index (κ2) is 5.06. The molecule has 1 heterocycles. The first kappa shape index (κ1) is 15.4. The quantitative estimate of drug-likeness (QED) is 0.634. The average molecular weight is 297 g/mol. The fourth-order valence-corrected chi connectivity index (χ4v) is 2.12. The summed E-state index contributed by atoms with van der Waals surface area (Å²) < 4.78 is 17.3. The van der Waals surface area contributed by atoms with Gasteiger partial charge in [-0.2, -0.15) is 0 Å². The molecule has 4 nitrogen and oxygen atoms in total. The van der Waals surface area contributed by atoms with Gasteiger partial charge in [0.15, 0.2) is 0 Å². The molecule has 0 N–H and O–H groups in total. The van der Waals surface area contributed by atoms with Gasteiger partial charge < -0.3 is 14.0 Å². The van der Waals surface area contributed by atoms with Gasteiger partial charge in [0.25, 0.3) is 5.24 Å². The van der Waals surface area contributed by atoms with Gasteiger partial charge in [-0.25, -0.2) is 0 Å². The molecule has 108 valence electrons. The Morgan fingerprint density at radius 1 is 1.20 bits per heavy atom. The van der Waals surface area contributed by atoms with E-state index >= 15 is 0 Å². The number of hydrogen-bond acceptors (Lipinski definition) is 4. The van der Waals surface area contributed by atoms with Crippen LogP contribution in [0, 0.1) is 0 Å². The second-order valence-electron chi connectivity index (χ2n) is 5.82. The van der Waals surface area contributed by atoms with E-state index in [0.717, 1.165) is 5.46 Å². The van der Waals surface area contributed by atoms with E-state index < -0.39 is 23.6 Å². The van der Waals surface area contributed by atoms with Gasteiger partial charge in [0.1, 0.15) is 5.75 Å². The Kier molecular flexibility index (Phi) is 3.89. The standard InChI is InChI=1S/C14H18BClO4/c1-13(2)14(3,4)20-15(19-13)10-7-6-9(12(16)17)8-11(10)18-5/h6-8H,1-5H3. The van der Waals surface area contributed by atoms with Crippen LogP contribution in [0.2, 0.25) is 0 Å². The molecule has 0 bridgehead atoms. The van der Waals surface area contributed by atoms with Crippen LogP contribution in [0.4, 0.5) is 0 Å². The molecule has 2 rings (SSSR count). The maximum atomic E-state index is 11.2. The fraction of sp³-hybridized carbons (Fsp3) is 0.500. The van der Waals surface area contributed by atoms with Gasteiger partial charge in [0.2, 0.25) is 0 Å². The zero-order chi connectivity index (χ0) is 15.1. The van der Waals surface area contributed by atoms with E-state index in [1.165, 1.54) is 7.11 Å². The second-order valence-corrected chi connectivity index (χ2v) is 6.16. The summed E-state index contributed by atoms with van der Waals surface area (Å²) in [5.41, 5.74) is 0.268. The molecule has 0 amide bonds. The van der Waals surface area contributed by atoms with Crippen molar-refractivity contribution < 1.29 is 18.8 Å². The van der Waals surface area contributed by atoms with E-state index in [-0.39, 0.29) is 0 Å². The number of halogens is 1. The zero-order valence-electron chi connectivity index (χ0n) is 12.3. The van der Waals surface area contributed by atoms with E-state index in [1.807, 2.05) is 27.7 Å². The van der Waals surface area contributed by atoms with E-state index in [2.05, 4.69) is 0 Å². The van der Waals surface area contributed by atoms with E-state index in [9.17, 15) is 4.79 Å². The number of benzene rings is 1. The molecular formula is C14H18BClO4. The van der Waals surface area contributed by atoms with Crippen LogP contribution in [0.3, 0.4) is 0 Å². The first-order valence-electron chi connectivity index (χ1n) is 6.41. The summed E-state index contributed by atoms with van der Waals surface area (Å²) in [6.07, 6.45) is 0. The third-order valence-corrected chi connectivity index (χ3v) is 4.19. The predicted octanol–water partition coefficient (Wildman–Crippen LogP) is 2.37. The molecule has 1 aromatic rings. The molecule has 20 heavy (non-hydrogen) atoms. The first-order valence-corrected chi connectivity index (χ1v) is 6.79. The van der Waals surface area contributed by atoms with Crippen molar-refractivity contribution in [3.8, 4) is 5.75 Å². The van der Waals surface area contributed by atoms with Crippen LogP contribution in [0.25, 0.3) is 0 Å². The fourth-order valence-electron chi connectivity index (χ4n) is 2.00. The molecule has 0 saturated carbocycles. The molecule has 0 spiro atoms. The molecule has 0 unspecified atom stereocenters. The van der Waals surface area contributed by atoms with Crippen molar-refractivity contribution in [2.24, 2.45) is 0 Å². The number of hydrogen-bond donors (Lipinski definition) is 0. The van der Waals surface area contributed by atoms with Crippen molar-refractivity contribution in [1.82, 2.24) is 0 Å². The van der Waals surface area contributed by atoms with E-state index in [0.29, 0.717) is 11.3 Å². The van der Waals surface area contributed by atoms with Crippen molar-refractivity contribution in [1.29, 1.82) is 0 Å². The number of methoxy groups -OCH3 is 1. The van der Waals surface area contributed by atoms with Gasteiger partial charge in [-0.3, -0.25) is 4.79 Å². The van der Waals surface area contributed by atoms with Gasteiger partial charge in [0.05, 0.1) is 18.3 Å². The molecule has 1 aliphatic rings. The van der Waals surface area contributed by atoms with Crippen molar-refractivity contribution >= 4 is 29.4 Å². The molecular weight excluding hydrogens is 278 g/mol. The highest BCUT2D eigenvalue weighted by atomic mass is 35.5. The smallest absolute Gasteiger partial charge is 0.497 e. The molecule has 1 aliphatic heterocycles. The lowest BCUT2D eigenvalue weighted by Crippen LogP contribution is -2.41. The first-order chi connectivity index (χ1) is 9.18. The van der Waals surface area contributed by atoms with Crippen LogP contribution in [-0.2, 0) is 9.31 Å². The van der Waals surface area contributed by atoms with Crippen LogP contribution < -0.4 is 10.2 Å². The summed E-state index contributed by atoms with van der Waals surface area (Å²) in [7, 11) is 1.00. The molecule has 1 saturated heterocycles. The topological polar surface area (TPSA) is 44.8 Å². The minimum atomic E-state index is -0.533. The summed E-state index contributed by atoms with van der Waals surface area (Å²) in [5.74, 6) is 0.523. The van der Waals surface area contributed by atoms with Crippen LogP contribution in [0.15, 0.2) is 18.2 Å². The van der Waals surface area contributed by atoms with Gasteiger partial charge in [-0.15, -0.1) is 0 Å². The highest BCUT2D eigenvalue weighted by Gasteiger charge is 2.52. The summed E-state index contributed by atoms with van der Waals surface area (Å²) in [6.45, 7) is 7.93. The zero-order valence-corrected chi connectivity index (χ0v) is 13.1. The number of carbonyl (C=O) groups excluding carboxylic acids is 1. The molecule has 0 atom stereocenters. The SMILES string of the molecule is COc1cc(C(=O)Cl)ccc1B1OC(C)(C)C(C)(C)O1. The highest BCUT2D eigenvalue weighted by Crippen LogP contribution is 2.37. The lowest BCUT2D eigenvalue weighted by molar-refractivity contribution is 0.00578. The van der Waals surface area contributed by atoms with E-state index in [4.69, 9.17) is 25.6 Å². The Labute approximate surface area is 124 Å². The van der Waals surface area contributed by atoms with Crippen molar-refractivity contribution in [2.75, 3.05) is 7.11 Å². The summed E-state index contributed by atoms with van der Waals surface area (Å²) in [4.78, 5) is 11.2. The van der Waals surface area contributed by atoms with Gasteiger partial charge in [-0.1, -0.05) is 12.1 Å². The van der Waals surface area contributed by atoms with Gasteiger partial charge in [-0.05, 0) is 45.4 Å². The Balaban J connectivity index is 2.37. The summed E-state index contributed by atoms with van der Waals surface area (Å²) in [6, 6.07) is 4.98. The molecule has 1 fully saturated rings. The average Bonchev–Trinajstić information content (AvgIpc) is 2.57. The Morgan fingerprint density at radius 2 is 1.75 bits per heavy atom. The molecule has 0 radical (unpaired) electrons. The number of rotatable bonds is 3. The van der Waals surface area contributed by atoms with Gasteiger partial charge in [0, 0.05) is 11.0 Å². The molecule has 6 heteroatoms. The largest absolute Gasteiger partial charge is 0.498 e.